The lowest BCUT2D eigenvalue weighted by atomic mass is 10.3. The zero-order valence-corrected chi connectivity index (χ0v) is 15.3. The van der Waals surface area contributed by atoms with E-state index >= 15 is 0 Å². The molecule has 2 aromatic rings. The molecule has 0 saturated heterocycles. The highest BCUT2D eigenvalue weighted by Gasteiger charge is 2.20. The summed E-state index contributed by atoms with van der Waals surface area (Å²) < 4.78 is 43.3. The first-order valence-corrected chi connectivity index (χ1v) is 9.61. The van der Waals surface area contributed by atoms with Crippen molar-refractivity contribution in [2.24, 2.45) is 0 Å². The number of furan rings is 1. The van der Waals surface area contributed by atoms with Gasteiger partial charge in [-0.1, -0.05) is 0 Å². The van der Waals surface area contributed by atoms with Gasteiger partial charge in [-0.2, -0.15) is 0 Å². The van der Waals surface area contributed by atoms with Gasteiger partial charge in [0, 0.05) is 18.6 Å². The van der Waals surface area contributed by atoms with Crippen molar-refractivity contribution in [3.63, 3.8) is 0 Å². The van der Waals surface area contributed by atoms with Gasteiger partial charge >= 0.3 is 0 Å². The second-order valence-electron chi connectivity index (χ2n) is 5.10. The molecule has 3 rings (SSSR count). The number of fused-ring (bicyclic) bond motifs is 1. The topological polar surface area (TPSA) is 94.8 Å². The van der Waals surface area contributed by atoms with Crippen LogP contribution in [0.2, 0.25) is 0 Å². The highest BCUT2D eigenvalue weighted by molar-refractivity contribution is 9.10. The van der Waals surface area contributed by atoms with E-state index in [9.17, 15) is 13.2 Å². The van der Waals surface area contributed by atoms with Gasteiger partial charge in [0.25, 0.3) is 15.9 Å². The highest BCUT2D eigenvalue weighted by atomic mass is 79.9. The van der Waals surface area contributed by atoms with Crippen molar-refractivity contribution >= 4 is 37.9 Å². The molecule has 0 atom stereocenters. The standard InChI is InChI=1S/C16H14BrNO6S/c17-15-6-2-11(24-15)3-7-16(19)18-25(20,21)12-4-5-13-14(10-12)23-9-1-8-22-13/h2-7,10H,1,8-9H2,(H,18,19)/b7-3-. The van der Waals surface area contributed by atoms with Gasteiger partial charge in [-0.25, -0.2) is 13.1 Å². The van der Waals surface area contributed by atoms with Crippen molar-refractivity contribution < 1.29 is 27.1 Å². The lowest BCUT2D eigenvalue weighted by molar-refractivity contribution is -0.114. The number of halogens is 1. The Labute approximate surface area is 152 Å². The zero-order valence-electron chi connectivity index (χ0n) is 12.9. The first kappa shape index (κ1) is 17.6. The average molecular weight is 428 g/mol. The van der Waals surface area contributed by atoms with Crippen molar-refractivity contribution in [3.05, 3.63) is 46.8 Å². The quantitative estimate of drug-likeness (QED) is 0.753. The van der Waals surface area contributed by atoms with E-state index in [1.807, 2.05) is 4.72 Å². The number of rotatable bonds is 4. The molecule has 25 heavy (non-hydrogen) atoms. The van der Waals surface area contributed by atoms with E-state index in [4.69, 9.17) is 13.9 Å². The molecular formula is C16H14BrNO6S. The normalized spacial score (nSPS) is 14.3. The lowest BCUT2D eigenvalue weighted by Gasteiger charge is -2.10. The summed E-state index contributed by atoms with van der Waals surface area (Å²) in [5, 5.41) is 0. The number of carbonyl (C=O) groups excluding carboxylic acids is 1. The second-order valence-corrected chi connectivity index (χ2v) is 7.57. The van der Waals surface area contributed by atoms with Crippen LogP contribution in [0.1, 0.15) is 12.2 Å². The Balaban J connectivity index is 1.74. The van der Waals surface area contributed by atoms with Crippen molar-refractivity contribution in [1.82, 2.24) is 4.72 Å². The zero-order chi connectivity index (χ0) is 17.9. The van der Waals surface area contributed by atoms with Gasteiger partial charge in [-0.3, -0.25) is 4.79 Å². The number of hydrogen-bond acceptors (Lipinski definition) is 6. The van der Waals surface area contributed by atoms with E-state index in [1.165, 1.54) is 24.3 Å². The van der Waals surface area contributed by atoms with Crippen LogP contribution >= 0.6 is 15.9 Å². The van der Waals surface area contributed by atoms with E-state index < -0.39 is 15.9 Å². The summed E-state index contributed by atoms with van der Waals surface area (Å²) in [5.74, 6) is 0.435. The van der Waals surface area contributed by atoms with Crippen LogP contribution in [0.5, 0.6) is 11.5 Å². The SMILES string of the molecule is O=C(/C=C\c1ccc(Br)o1)NS(=O)(=O)c1ccc2c(c1)OCCCO2. The van der Waals surface area contributed by atoms with Crippen LogP contribution in [-0.2, 0) is 14.8 Å². The van der Waals surface area contributed by atoms with Gasteiger partial charge in [0.1, 0.15) is 5.76 Å². The maximum Gasteiger partial charge on any atom is 0.264 e. The minimum absolute atomic E-state index is 0.0840. The molecule has 0 unspecified atom stereocenters. The maximum absolute atomic E-state index is 12.3. The molecule has 0 fully saturated rings. The highest BCUT2D eigenvalue weighted by Crippen LogP contribution is 2.31. The molecule has 0 bridgehead atoms. The number of carbonyl (C=O) groups is 1. The Kier molecular flexibility index (Phi) is 5.14. The number of nitrogens with one attached hydrogen (secondary N) is 1. The molecule has 7 nitrogen and oxygen atoms in total. The molecule has 2 heterocycles. The predicted octanol–water partition coefficient (Wildman–Crippen LogP) is 2.72. The van der Waals surface area contributed by atoms with Gasteiger partial charge in [0.2, 0.25) is 0 Å². The lowest BCUT2D eigenvalue weighted by Crippen LogP contribution is -2.29. The molecule has 1 amide bonds. The molecule has 1 N–H and O–H groups in total. The Bertz CT molecular complexity index is 918. The predicted molar refractivity (Wildman–Crippen MR) is 92.8 cm³/mol. The minimum atomic E-state index is -4.03. The molecule has 0 aliphatic carbocycles. The van der Waals surface area contributed by atoms with E-state index in [2.05, 4.69) is 15.9 Å². The van der Waals surface area contributed by atoms with E-state index in [0.717, 1.165) is 6.08 Å². The number of hydrogen-bond donors (Lipinski definition) is 1. The summed E-state index contributed by atoms with van der Waals surface area (Å²) in [6.07, 6.45) is 3.15. The van der Waals surface area contributed by atoms with Gasteiger partial charge in [0.15, 0.2) is 16.2 Å². The molecule has 132 valence electrons. The Morgan fingerprint density at radius 1 is 1.12 bits per heavy atom. The van der Waals surface area contributed by atoms with Crippen LogP contribution in [0.4, 0.5) is 0 Å². The fraction of sp³-hybridized carbons (Fsp3) is 0.188. The Hall–Kier alpha value is -2.26. The van der Waals surface area contributed by atoms with Crippen molar-refractivity contribution in [2.75, 3.05) is 13.2 Å². The van der Waals surface area contributed by atoms with Crippen molar-refractivity contribution in [3.8, 4) is 11.5 Å². The first-order valence-electron chi connectivity index (χ1n) is 7.34. The van der Waals surface area contributed by atoms with Crippen LogP contribution in [-0.4, -0.2) is 27.5 Å². The van der Waals surface area contributed by atoms with Crippen molar-refractivity contribution in [2.45, 2.75) is 11.3 Å². The number of sulfonamides is 1. The average Bonchev–Trinajstić information content (AvgIpc) is 2.84. The number of ether oxygens (including phenoxy) is 2. The van der Waals surface area contributed by atoms with Crippen LogP contribution < -0.4 is 14.2 Å². The summed E-state index contributed by atoms with van der Waals surface area (Å²) in [4.78, 5) is 11.8. The number of benzene rings is 1. The molecule has 1 aliphatic rings. The summed E-state index contributed by atoms with van der Waals surface area (Å²) in [6, 6.07) is 7.49. The molecule has 0 radical (unpaired) electrons. The summed E-state index contributed by atoms with van der Waals surface area (Å²) in [5.41, 5.74) is 0. The smallest absolute Gasteiger partial charge is 0.264 e. The minimum Gasteiger partial charge on any atom is -0.490 e. The molecule has 0 spiro atoms. The molecule has 9 heteroatoms. The molecule has 1 aromatic carbocycles. The van der Waals surface area contributed by atoms with Gasteiger partial charge in [-0.15, -0.1) is 0 Å². The maximum atomic E-state index is 12.3. The molecule has 1 aliphatic heterocycles. The van der Waals surface area contributed by atoms with Crippen molar-refractivity contribution in [1.29, 1.82) is 0 Å². The van der Waals surface area contributed by atoms with E-state index in [1.54, 1.807) is 12.1 Å². The summed E-state index contributed by atoms with van der Waals surface area (Å²) >= 11 is 3.14. The summed E-state index contributed by atoms with van der Waals surface area (Å²) in [7, 11) is -4.03. The molecular weight excluding hydrogens is 414 g/mol. The van der Waals surface area contributed by atoms with Crippen LogP contribution in [0.25, 0.3) is 6.08 Å². The van der Waals surface area contributed by atoms with Crippen LogP contribution in [0.3, 0.4) is 0 Å². The van der Waals surface area contributed by atoms with Crippen LogP contribution in [0, 0.1) is 0 Å². The largest absolute Gasteiger partial charge is 0.490 e. The first-order chi connectivity index (χ1) is 11.9. The third-order valence-corrected chi connectivity index (χ3v) is 5.03. The van der Waals surface area contributed by atoms with E-state index in [-0.39, 0.29) is 4.90 Å². The van der Waals surface area contributed by atoms with Gasteiger partial charge in [0.05, 0.1) is 18.1 Å². The Morgan fingerprint density at radius 2 is 1.88 bits per heavy atom. The second kappa shape index (κ2) is 7.32. The third kappa shape index (κ3) is 4.43. The molecule has 1 aromatic heterocycles. The Morgan fingerprint density at radius 3 is 2.60 bits per heavy atom. The van der Waals surface area contributed by atoms with Gasteiger partial charge in [-0.05, 0) is 46.3 Å². The fourth-order valence-electron chi connectivity index (χ4n) is 2.11. The van der Waals surface area contributed by atoms with Gasteiger partial charge < -0.3 is 13.9 Å². The fourth-order valence-corrected chi connectivity index (χ4v) is 3.39. The van der Waals surface area contributed by atoms with E-state index in [0.29, 0.717) is 41.6 Å². The third-order valence-electron chi connectivity index (χ3n) is 3.26. The van der Waals surface area contributed by atoms with Crippen LogP contribution in [0.15, 0.2) is 50.4 Å². The molecule has 0 saturated carbocycles. The summed E-state index contributed by atoms with van der Waals surface area (Å²) in [6.45, 7) is 0.938. The number of amides is 1. The monoisotopic (exact) mass is 427 g/mol.